The summed E-state index contributed by atoms with van der Waals surface area (Å²) in [6.07, 6.45) is 2.43. The van der Waals surface area contributed by atoms with Gasteiger partial charge in [0.05, 0.1) is 5.54 Å². The van der Waals surface area contributed by atoms with Gasteiger partial charge in [-0.2, -0.15) is 0 Å². The van der Waals surface area contributed by atoms with Crippen molar-refractivity contribution < 1.29 is 0 Å². The van der Waals surface area contributed by atoms with Crippen molar-refractivity contribution in [2.75, 3.05) is 5.32 Å². The summed E-state index contributed by atoms with van der Waals surface area (Å²) in [4.78, 5) is 0. The molecule has 5 rings (SSSR count). The van der Waals surface area contributed by atoms with Crippen LogP contribution < -0.4 is 5.32 Å². The van der Waals surface area contributed by atoms with Gasteiger partial charge in [0.1, 0.15) is 0 Å². The molecular weight excluding hydrogens is 422 g/mol. The van der Waals surface area contributed by atoms with Crippen molar-refractivity contribution >= 4 is 22.0 Å². The summed E-state index contributed by atoms with van der Waals surface area (Å²) in [6, 6.07) is 31.5. The highest BCUT2D eigenvalue weighted by Gasteiger charge is 2.32. The van der Waals surface area contributed by atoms with Gasteiger partial charge in [-0.1, -0.05) is 120 Å². The molecule has 1 aliphatic heterocycles. The zero-order chi connectivity index (χ0) is 25.0. The van der Waals surface area contributed by atoms with E-state index in [-0.39, 0.29) is 16.4 Å². The van der Waals surface area contributed by atoms with Gasteiger partial charge in [0, 0.05) is 11.3 Å². The number of hydrogen-bond acceptors (Lipinski definition) is 1. The quantitative estimate of drug-likeness (QED) is 0.315. The Kier molecular flexibility index (Phi) is 5.44. The Morgan fingerprint density at radius 1 is 0.629 bits per heavy atom. The van der Waals surface area contributed by atoms with Crippen molar-refractivity contribution in [1.82, 2.24) is 0 Å². The summed E-state index contributed by atoms with van der Waals surface area (Å²) in [6.45, 7) is 15.9. The van der Waals surface area contributed by atoms with Crippen LogP contribution in [-0.4, -0.2) is 0 Å². The fourth-order valence-corrected chi connectivity index (χ4v) is 5.19. The van der Waals surface area contributed by atoms with E-state index in [1.165, 1.54) is 49.9 Å². The molecule has 1 unspecified atom stereocenters. The molecule has 4 aromatic carbocycles. The lowest BCUT2D eigenvalue weighted by Crippen LogP contribution is -2.33. The fourth-order valence-electron chi connectivity index (χ4n) is 5.19. The molecule has 0 amide bonds. The normalized spacial score (nSPS) is 18.1. The van der Waals surface area contributed by atoms with Crippen LogP contribution in [0.15, 0.2) is 91.0 Å². The van der Waals surface area contributed by atoms with Crippen LogP contribution in [0.3, 0.4) is 0 Å². The summed E-state index contributed by atoms with van der Waals surface area (Å²) in [5, 5.41) is 6.45. The van der Waals surface area contributed by atoms with E-state index in [2.05, 4.69) is 145 Å². The molecule has 1 heterocycles. The molecule has 0 aromatic heterocycles. The summed E-state index contributed by atoms with van der Waals surface area (Å²) < 4.78 is 0. The molecule has 0 bridgehead atoms. The van der Waals surface area contributed by atoms with Crippen LogP contribution in [-0.2, 0) is 16.4 Å². The Bertz CT molecular complexity index is 1410. The van der Waals surface area contributed by atoms with Crippen LogP contribution in [0, 0.1) is 0 Å². The molecule has 178 valence electrons. The molecule has 0 radical (unpaired) electrons. The van der Waals surface area contributed by atoms with Gasteiger partial charge >= 0.3 is 0 Å². The Morgan fingerprint density at radius 3 is 1.80 bits per heavy atom. The topological polar surface area (TPSA) is 12.0 Å². The van der Waals surface area contributed by atoms with Crippen molar-refractivity contribution in [3.63, 3.8) is 0 Å². The highest BCUT2D eigenvalue weighted by molar-refractivity contribution is 6.04. The van der Waals surface area contributed by atoms with Crippen LogP contribution >= 0.6 is 0 Å². The van der Waals surface area contributed by atoms with Crippen molar-refractivity contribution in [2.45, 2.75) is 64.8 Å². The molecule has 1 aliphatic rings. The van der Waals surface area contributed by atoms with Gasteiger partial charge in [0.15, 0.2) is 0 Å². The van der Waals surface area contributed by atoms with Crippen molar-refractivity contribution in [1.29, 1.82) is 0 Å². The molecule has 1 nitrogen and oxygen atoms in total. The maximum Gasteiger partial charge on any atom is 0.0790 e. The number of benzene rings is 4. The molecule has 1 heteroatoms. The van der Waals surface area contributed by atoms with Crippen LogP contribution in [0.25, 0.3) is 16.3 Å². The zero-order valence-electron chi connectivity index (χ0n) is 22.2. The van der Waals surface area contributed by atoms with Crippen LogP contribution in [0.5, 0.6) is 0 Å². The van der Waals surface area contributed by atoms with E-state index in [4.69, 9.17) is 0 Å². The molecular formula is C34H37N. The third-order valence-corrected chi connectivity index (χ3v) is 7.44. The minimum atomic E-state index is -0.316. The lowest BCUT2D eigenvalue weighted by molar-refractivity contribution is 0.588. The van der Waals surface area contributed by atoms with E-state index < -0.39 is 0 Å². The molecule has 0 spiro atoms. The van der Waals surface area contributed by atoms with Crippen molar-refractivity contribution in [2.24, 2.45) is 0 Å². The maximum atomic E-state index is 3.90. The van der Waals surface area contributed by atoms with Gasteiger partial charge in [0.2, 0.25) is 0 Å². The van der Waals surface area contributed by atoms with E-state index >= 15 is 0 Å². The van der Waals surface area contributed by atoms with Crippen molar-refractivity contribution in [3.05, 3.63) is 119 Å². The molecule has 0 saturated carbocycles. The number of anilines is 1. The molecule has 0 fully saturated rings. The van der Waals surface area contributed by atoms with Crippen LogP contribution in [0.2, 0.25) is 0 Å². The lowest BCUT2D eigenvalue weighted by Gasteiger charge is -2.37. The second-order valence-electron chi connectivity index (χ2n) is 12.2. The minimum absolute atomic E-state index is 0.134. The summed E-state index contributed by atoms with van der Waals surface area (Å²) in [5.41, 5.74) is 8.96. The first-order valence-corrected chi connectivity index (χ1v) is 12.7. The molecule has 0 aliphatic carbocycles. The van der Waals surface area contributed by atoms with Gasteiger partial charge in [-0.15, -0.1) is 0 Å². The third kappa shape index (κ3) is 4.29. The average Bonchev–Trinajstić information content (AvgIpc) is 2.82. The highest BCUT2D eigenvalue weighted by atomic mass is 15.0. The Morgan fingerprint density at radius 2 is 1.20 bits per heavy atom. The maximum absolute atomic E-state index is 3.90. The number of rotatable bonds is 2. The van der Waals surface area contributed by atoms with Gasteiger partial charge in [-0.05, 0) is 68.5 Å². The molecule has 1 atom stereocenters. The first-order valence-electron chi connectivity index (χ1n) is 12.7. The van der Waals surface area contributed by atoms with Gasteiger partial charge in [-0.3, -0.25) is 0 Å². The van der Waals surface area contributed by atoms with Crippen LogP contribution in [0.4, 0.5) is 5.69 Å². The Labute approximate surface area is 210 Å². The highest BCUT2D eigenvalue weighted by Crippen LogP contribution is 2.45. The number of hydrogen-bond donors (Lipinski definition) is 1. The van der Waals surface area contributed by atoms with E-state index in [0.717, 1.165) is 0 Å². The predicted octanol–water partition coefficient (Wildman–Crippen LogP) is 9.21. The average molecular weight is 460 g/mol. The standard InChI is InChI=1S/C34H37N/c1-32(2,3)25-15-12-24(13-16-25)29-22-34(7,27-19-17-26(18-20-27)33(4,5)6)35-30-21-14-23-10-8-9-11-28(23)31(29)30/h8-22,35H,1-7H3. The molecule has 4 aromatic rings. The second-order valence-corrected chi connectivity index (χ2v) is 12.2. The Balaban J connectivity index is 1.70. The van der Waals surface area contributed by atoms with Crippen molar-refractivity contribution in [3.8, 4) is 0 Å². The first-order chi connectivity index (χ1) is 16.5. The lowest BCUT2D eigenvalue weighted by atomic mass is 9.78. The fraction of sp³-hybridized carbons (Fsp3) is 0.294. The monoisotopic (exact) mass is 459 g/mol. The van der Waals surface area contributed by atoms with E-state index in [9.17, 15) is 0 Å². The molecule has 1 N–H and O–H groups in total. The third-order valence-electron chi connectivity index (χ3n) is 7.44. The van der Waals surface area contributed by atoms with E-state index in [1.807, 2.05) is 0 Å². The van der Waals surface area contributed by atoms with Gasteiger partial charge in [-0.25, -0.2) is 0 Å². The number of nitrogens with one attached hydrogen (secondary N) is 1. The van der Waals surface area contributed by atoms with Gasteiger partial charge in [0.25, 0.3) is 0 Å². The largest absolute Gasteiger partial charge is 0.372 e. The summed E-state index contributed by atoms with van der Waals surface area (Å²) in [7, 11) is 0. The SMILES string of the molecule is CC(C)(C)c1ccc(C2=CC(C)(c3ccc(C(C)(C)C)cc3)Nc3ccc4ccccc4c32)cc1. The predicted molar refractivity (Wildman–Crippen MR) is 152 cm³/mol. The smallest absolute Gasteiger partial charge is 0.0790 e. The summed E-state index contributed by atoms with van der Waals surface area (Å²) in [5.74, 6) is 0. The van der Waals surface area contributed by atoms with E-state index in [1.54, 1.807) is 0 Å². The second kappa shape index (κ2) is 8.12. The zero-order valence-corrected chi connectivity index (χ0v) is 22.2. The Hall–Kier alpha value is -3.32. The molecule has 0 saturated heterocycles. The van der Waals surface area contributed by atoms with Crippen LogP contribution in [0.1, 0.15) is 76.3 Å². The van der Waals surface area contributed by atoms with E-state index in [0.29, 0.717) is 0 Å². The number of fused-ring (bicyclic) bond motifs is 3. The van der Waals surface area contributed by atoms with Gasteiger partial charge < -0.3 is 5.32 Å². The minimum Gasteiger partial charge on any atom is -0.372 e. The first kappa shape index (κ1) is 23.4. The summed E-state index contributed by atoms with van der Waals surface area (Å²) >= 11 is 0. The molecule has 35 heavy (non-hydrogen) atoms.